The molecule has 1 heterocycles. The van der Waals surface area contributed by atoms with Crippen LogP contribution in [0.15, 0.2) is 36.4 Å². The van der Waals surface area contributed by atoms with Crippen LogP contribution in [0.25, 0.3) is 0 Å². The summed E-state index contributed by atoms with van der Waals surface area (Å²) in [5.41, 5.74) is 2.19. The van der Waals surface area contributed by atoms with Crippen molar-refractivity contribution < 1.29 is 32.5 Å². The number of halogens is 2. The van der Waals surface area contributed by atoms with Crippen molar-refractivity contribution in [1.29, 1.82) is 0 Å². The van der Waals surface area contributed by atoms with E-state index in [1.54, 1.807) is 0 Å². The first-order valence-corrected chi connectivity index (χ1v) is 7.58. The van der Waals surface area contributed by atoms with E-state index in [2.05, 4.69) is 14.2 Å². The zero-order valence-corrected chi connectivity index (χ0v) is 13.7. The topological polar surface area (TPSA) is 54.0 Å². The van der Waals surface area contributed by atoms with E-state index in [1.807, 2.05) is 31.2 Å². The third-order valence-electron chi connectivity index (χ3n) is 3.62. The molecule has 5 nitrogen and oxygen atoms in total. The van der Waals surface area contributed by atoms with Gasteiger partial charge in [0.2, 0.25) is 5.75 Å². The molecule has 0 radical (unpaired) electrons. The maximum atomic E-state index is 13.3. The van der Waals surface area contributed by atoms with Crippen molar-refractivity contribution in [2.75, 3.05) is 13.7 Å². The molecule has 0 unspecified atom stereocenters. The molecule has 1 aliphatic rings. The fourth-order valence-electron chi connectivity index (χ4n) is 2.51. The fraction of sp³-hybridized carbons (Fsp3) is 0.278. The summed E-state index contributed by atoms with van der Waals surface area (Å²) in [6.07, 6.45) is -3.23. The van der Waals surface area contributed by atoms with Gasteiger partial charge in [0.1, 0.15) is 0 Å². The Kier molecular flexibility index (Phi) is 4.48. The van der Waals surface area contributed by atoms with Gasteiger partial charge in [0.15, 0.2) is 11.5 Å². The molecule has 0 fully saturated rings. The van der Waals surface area contributed by atoms with Crippen molar-refractivity contribution in [3.05, 3.63) is 53.1 Å². The molecule has 0 bridgehead atoms. The second kappa shape index (κ2) is 6.58. The zero-order valence-electron chi connectivity index (χ0n) is 13.7. The largest absolute Gasteiger partial charge is 0.586 e. The van der Waals surface area contributed by atoms with Gasteiger partial charge >= 0.3 is 12.3 Å². The molecule has 25 heavy (non-hydrogen) atoms. The molecule has 0 aromatic heterocycles. The number of carbonyl (C=O) groups is 1. The molecule has 2 aromatic carbocycles. The molecule has 132 valence electrons. The van der Waals surface area contributed by atoms with Crippen LogP contribution in [-0.2, 0) is 11.2 Å². The van der Waals surface area contributed by atoms with Gasteiger partial charge in [-0.1, -0.05) is 29.8 Å². The van der Waals surface area contributed by atoms with Crippen molar-refractivity contribution in [2.24, 2.45) is 0 Å². The molecule has 0 amide bonds. The highest BCUT2D eigenvalue weighted by molar-refractivity contribution is 5.91. The molecule has 1 aliphatic heterocycles. The Balaban J connectivity index is 1.80. The van der Waals surface area contributed by atoms with Crippen molar-refractivity contribution in [3.63, 3.8) is 0 Å². The summed E-state index contributed by atoms with van der Waals surface area (Å²) in [4.78, 5) is 11.7. The van der Waals surface area contributed by atoms with Crippen LogP contribution in [0.4, 0.5) is 8.78 Å². The number of methoxy groups -OCH3 is 1. The van der Waals surface area contributed by atoms with E-state index < -0.39 is 12.3 Å². The highest BCUT2D eigenvalue weighted by Gasteiger charge is 2.45. The number of aryl methyl sites for hydroxylation is 1. The molecule has 0 aliphatic carbocycles. The first kappa shape index (κ1) is 17.0. The van der Waals surface area contributed by atoms with E-state index in [4.69, 9.17) is 4.74 Å². The van der Waals surface area contributed by atoms with Crippen LogP contribution in [-0.4, -0.2) is 26.0 Å². The minimum Gasteiger partial charge on any atom is -0.489 e. The van der Waals surface area contributed by atoms with Gasteiger partial charge in [0.05, 0.1) is 19.3 Å². The Morgan fingerprint density at radius 2 is 2.00 bits per heavy atom. The van der Waals surface area contributed by atoms with Gasteiger partial charge < -0.3 is 18.9 Å². The number of hydrogen-bond acceptors (Lipinski definition) is 5. The lowest BCUT2D eigenvalue weighted by atomic mass is 10.1. The minimum absolute atomic E-state index is 0.00253. The third kappa shape index (κ3) is 3.81. The molecule has 0 saturated carbocycles. The number of fused-ring (bicyclic) bond motifs is 1. The number of rotatable bonds is 5. The van der Waals surface area contributed by atoms with Crippen LogP contribution < -0.4 is 14.2 Å². The van der Waals surface area contributed by atoms with Gasteiger partial charge in [-0.2, -0.15) is 0 Å². The van der Waals surface area contributed by atoms with Crippen LogP contribution >= 0.6 is 0 Å². The average molecular weight is 350 g/mol. The monoisotopic (exact) mass is 350 g/mol. The highest BCUT2D eigenvalue weighted by Crippen LogP contribution is 2.48. The summed E-state index contributed by atoms with van der Waals surface area (Å²) >= 11 is 0. The Labute approximate surface area is 143 Å². The highest BCUT2D eigenvalue weighted by atomic mass is 19.3. The van der Waals surface area contributed by atoms with E-state index in [0.717, 1.165) is 17.2 Å². The molecule has 7 heteroatoms. The second-order valence-corrected chi connectivity index (χ2v) is 5.55. The number of esters is 1. The summed E-state index contributed by atoms with van der Waals surface area (Å²) in [5, 5.41) is 0. The predicted octanol–water partition coefficient (Wildman–Crippen LogP) is 3.72. The molecule has 3 rings (SSSR count). The summed E-state index contributed by atoms with van der Waals surface area (Å²) in [6, 6.07) is 10.3. The van der Waals surface area contributed by atoms with E-state index >= 15 is 0 Å². The SMILES string of the molecule is COC(=O)c1cc(OCCc2cccc(C)c2)c2c(c1)OC(F)(F)O2. The van der Waals surface area contributed by atoms with Crippen LogP contribution in [0.5, 0.6) is 17.2 Å². The summed E-state index contributed by atoms with van der Waals surface area (Å²) in [6.45, 7) is 2.19. The fourth-order valence-corrected chi connectivity index (χ4v) is 2.51. The number of carbonyl (C=O) groups excluding carboxylic acids is 1. The van der Waals surface area contributed by atoms with Crippen LogP contribution in [0, 0.1) is 6.92 Å². The van der Waals surface area contributed by atoms with E-state index in [0.29, 0.717) is 6.42 Å². The van der Waals surface area contributed by atoms with E-state index in [-0.39, 0.29) is 29.4 Å². The van der Waals surface area contributed by atoms with Crippen molar-refractivity contribution in [1.82, 2.24) is 0 Å². The van der Waals surface area contributed by atoms with Crippen molar-refractivity contribution in [2.45, 2.75) is 19.6 Å². The lowest BCUT2D eigenvalue weighted by Gasteiger charge is -2.11. The van der Waals surface area contributed by atoms with Crippen LogP contribution in [0.3, 0.4) is 0 Å². The first-order valence-electron chi connectivity index (χ1n) is 7.58. The van der Waals surface area contributed by atoms with Gasteiger partial charge in [-0.25, -0.2) is 4.79 Å². The van der Waals surface area contributed by atoms with Crippen molar-refractivity contribution >= 4 is 5.97 Å². The lowest BCUT2D eigenvalue weighted by molar-refractivity contribution is -0.287. The Morgan fingerprint density at radius 3 is 2.72 bits per heavy atom. The smallest absolute Gasteiger partial charge is 0.489 e. The molecular formula is C18H16F2O5. The van der Waals surface area contributed by atoms with Gasteiger partial charge in [0, 0.05) is 6.42 Å². The minimum atomic E-state index is -3.80. The van der Waals surface area contributed by atoms with E-state index in [9.17, 15) is 13.6 Å². The van der Waals surface area contributed by atoms with Crippen LogP contribution in [0.2, 0.25) is 0 Å². The average Bonchev–Trinajstić information content (AvgIpc) is 2.88. The quantitative estimate of drug-likeness (QED) is 0.769. The Bertz CT molecular complexity index is 804. The predicted molar refractivity (Wildman–Crippen MR) is 84.4 cm³/mol. The van der Waals surface area contributed by atoms with Crippen LogP contribution in [0.1, 0.15) is 21.5 Å². The normalized spacial score (nSPS) is 14.2. The summed E-state index contributed by atoms with van der Waals surface area (Å²) in [5.74, 6) is -1.19. The number of alkyl halides is 2. The van der Waals surface area contributed by atoms with Gasteiger partial charge in [0.25, 0.3) is 0 Å². The maximum absolute atomic E-state index is 13.3. The second-order valence-electron chi connectivity index (χ2n) is 5.55. The zero-order chi connectivity index (χ0) is 18.0. The van der Waals surface area contributed by atoms with E-state index in [1.165, 1.54) is 13.2 Å². The van der Waals surface area contributed by atoms with Gasteiger partial charge in [-0.05, 0) is 24.6 Å². The molecular weight excluding hydrogens is 334 g/mol. The molecule has 2 aromatic rings. The van der Waals surface area contributed by atoms with Gasteiger partial charge in [-0.15, -0.1) is 8.78 Å². The number of benzene rings is 2. The molecule has 0 N–H and O–H groups in total. The number of hydrogen-bond donors (Lipinski definition) is 0. The summed E-state index contributed by atoms with van der Waals surface area (Å²) in [7, 11) is 1.19. The molecule has 0 saturated heterocycles. The molecule has 0 atom stereocenters. The number of ether oxygens (including phenoxy) is 4. The third-order valence-corrected chi connectivity index (χ3v) is 3.62. The summed E-state index contributed by atoms with van der Waals surface area (Å²) < 4.78 is 45.8. The lowest BCUT2D eigenvalue weighted by Crippen LogP contribution is -2.26. The van der Waals surface area contributed by atoms with Crippen molar-refractivity contribution in [3.8, 4) is 17.2 Å². The van der Waals surface area contributed by atoms with Gasteiger partial charge in [-0.3, -0.25) is 0 Å². The standard InChI is InChI=1S/C18H16F2O5/c1-11-4-3-5-12(8-11)6-7-23-14-9-13(17(21)22-2)10-15-16(14)25-18(19,20)24-15/h3-5,8-10H,6-7H2,1-2H3. The Morgan fingerprint density at radius 1 is 1.20 bits per heavy atom. The Hall–Kier alpha value is -2.83. The first-order chi connectivity index (χ1) is 11.9. The molecule has 0 spiro atoms. The maximum Gasteiger partial charge on any atom is 0.586 e.